The third-order valence-corrected chi connectivity index (χ3v) is 1.53. The van der Waals surface area contributed by atoms with Crippen LogP contribution in [0.5, 0.6) is 0 Å². The summed E-state index contributed by atoms with van der Waals surface area (Å²) in [5, 5.41) is 0. The zero-order valence-electron chi connectivity index (χ0n) is 6.80. The van der Waals surface area contributed by atoms with Gasteiger partial charge >= 0.3 is 0 Å². The molecule has 0 saturated heterocycles. The summed E-state index contributed by atoms with van der Waals surface area (Å²) in [4.78, 5) is 3.66. The quantitative estimate of drug-likeness (QED) is 0.307. The van der Waals surface area contributed by atoms with Gasteiger partial charge in [0, 0.05) is 0 Å². The number of rotatable bonds is 4. The van der Waals surface area contributed by atoms with Gasteiger partial charge in [0.05, 0.1) is 6.10 Å². The van der Waals surface area contributed by atoms with Gasteiger partial charge in [-0.1, -0.05) is 6.58 Å². The van der Waals surface area contributed by atoms with Gasteiger partial charge in [0.15, 0.2) is 5.76 Å². The maximum Gasteiger partial charge on any atom is 0.151 e. The summed E-state index contributed by atoms with van der Waals surface area (Å²) in [6, 6.07) is 0. The molecule has 0 aliphatic heterocycles. The minimum Gasteiger partial charge on any atom is -0.488 e. The maximum absolute atomic E-state index is 5.33. The van der Waals surface area contributed by atoms with Crippen LogP contribution in [0.15, 0.2) is 28.0 Å². The number of halogens is 1. The minimum atomic E-state index is 0.122. The SMILES string of the molecule is C=C/C(OC(C)C)=C(/Br)N=C. The molecule has 0 atom stereocenters. The summed E-state index contributed by atoms with van der Waals surface area (Å²) < 4.78 is 5.92. The normalized spacial score (nSPS) is 12.4. The van der Waals surface area contributed by atoms with E-state index in [1.807, 2.05) is 13.8 Å². The van der Waals surface area contributed by atoms with Gasteiger partial charge in [-0.25, -0.2) is 0 Å². The lowest BCUT2D eigenvalue weighted by Crippen LogP contribution is -2.01. The molecule has 0 saturated carbocycles. The van der Waals surface area contributed by atoms with E-state index in [4.69, 9.17) is 4.74 Å². The summed E-state index contributed by atoms with van der Waals surface area (Å²) in [5.41, 5.74) is 0. The summed E-state index contributed by atoms with van der Waals surface area (Å²) in [5.74, 6) is 0.620. The van der Waals surface area contributed by atoms with Crippen LogP contribution in [0.3, 0.4) is 0 Å². The predicted octanol–water partition coefficient (Wildman–Crippen LogP) is 2.86. The largest absolute Gasteiger partial charge is 0.488 e. The standard InChI is InChI=1S/C8H12BrNO/c1-5-7(8(9)10-4)11-6(2)3/h5-6H,1,4H2,2-3H3/b8-7+. The number of aliphatic imine (C=N–C) groups is 1. The average Bonchev–Trinajstić information content (AvgIpc) is 1.98. The molecule has 11 heavy (non-hydrogen) atoms. The highest BCUT2D eigenvalue weighted by atomic mass is 79.9. The molecular weight excluding hydrogens is 206 g/mol. The molecule has 0 rings (SSSR count). The Morgan fingerprint density at radius 2 is 2.18 bits per heavy atom. The summed E-state index contributed by atoms with van der Waals surface area (Å²) in [6.07, 6.45) is 1.72. The van der Waals surface area contributed by atoms with Crippen LogP contribution in [0.2, 0.25) is 0 Å². The van der Waals surface area contributed by atoms with Crippen molar-refractivity contribution in [3.8, 4) is 0 Å². The Hall–Kier alpha value is -0.570. The highest BCUT2D eigenvalue weighted by Gasteiger charge is 2.01. The van der Waals surface area contributed by atoms with Gasteiger partial charge in [-0.05, 0) is 42.6 Å². The lowest BCUT2D eigenvalue weighted by atomic mass is 10.4. The van der Waals surface area contributed by atoms with E-state index < -0.39 is 0 Å². The molecule has 0 unspecified atom stereocenters. The second-order valence-electron chi connectivity index (χ2n) is 2.18. The van der Waals surface area contributed by atoms with Gasteiger partial charge < -0.3 is 4.74 Å². The van der Waals surface area contributed by atoms with Crippen LogP contribution in [-0.2, 0) is 4.74 Å². The molecule has 0 heterocycles. The predicted molar refractivity (Wildman–Crippen MR) is 51.9 cm³/mol. The van der Waals surface area contributed by atoms with E-state index in [0.29, 0.717) is 10.4 Å². The Morgan fingerprint density at radius 1 is 1.64 bits per heavy atom. The van der Waals surface area contributed by atoms with E-state index >= 15 is 0 Å². The summed E-state index contributed by atoms with van der Waals surface area (Å²) >= 11 is 3.19. The second kappa shape index (κ2) is 5.13. The van der Waals surface area contributed by atoms with E-state index in [1.165, 1.54) is 0 Å². The lowest BCUT2D eigenvalue weighted by molar-refractivity contribution is 0.157. The smallest absolute Gasteiger partial charge is 0.151 e. The van der Waals surface area contributed by atoms with Crippen molar-refractivity contribution in [1.82, 2.24) is 0 Å². The fourth-order valence-corrected chi connectivity index (χ4v) is 0.768. The van der Waals surface area contributed by atoms with Crippen LogP contribution in [0.1, 0.15) is 13.8 Å². The third kappa shape index (κ3) is 3.98. The number of nitrogens with zero attached hydrogens (tertiary/aromatic N) is 1. The van der Waals surface area contributed by atoms with Gasteiger partial charge in [-0.2, -0.15) is 0 Å². The summed E-state index contributed by atoms with van der Waals surface area (Å²) in [6.45, 7) is 10.8. The first-order valence-electron chi connectivity index (χ1n) is 3.27. The highest BCUT2D eigenvalue weighted by Crippen LogP contribution is 2.16. The first-order valence-corrected chi connectivity index (χ1v) is 4.06. The monoisotopic (exact) mass is 217 g/mol. The first-order chi connectivity index (χ1) is 5.11. The van der Waals surface area contributed by atoms with E-state index in [-0.39, 0.29) is 6.10 Å². The van der Waals surface area contributed by atoms with Crippen LogP contribution in [0.25, 0.3) is 0 Å². The average molecular weight is 218 g/mol. The molecule has 0 N–H and O–H groups in total. The molecule has 3 heteroatoms. The number of ether oxygens (including phenoxy) is 1. The van der Waals surface area contributed by atoms with Crippen molar-refractivity contribution in [3.05, 3.63) is 23.0 Å². The number of hydrogen-bond acceptors (Lipinski definition) is 2. The third-order valence-electron chi connectivity index (χ3n) is 0.890. The van der Waals surface area contributed by atoms with Crippen molar-refractivity contribution in [2.45, 2.75) is 20.0 Å². The lowest BCUT2D eigenvalue weighted by Gasteiger charge is -2.10. The fourth-order valence-electron chi connectivity index (χ4n) is 0.513. The molecule has 0 amide bonds. The van der Waals surface area contributed by atoms with Crippen molar-refractivity contribution in [3.63, 3.8) is 0 Å². The van der Waals surface area contributed by atoms with Crippen molar-refractivity contribution in [2.75, 3.05) is 0 Å². The Bertz CT molecular complexity index is 185. The molecule has 0 aromatic rings. The van der Waals surface area contributed by atoms with Crippen LogP contribution in [0, 0.1) is 0 Å². The van der Waals surface area contributed by atoms with Gasteiger partial charge in [0.25, 0.3) is 0 Å². The van der Waals surface area contributed by atoms with Crippen molar-refractivity contribution in [2.24, 2.45) is 4.99 Å². The molecule has 2 nitrogen and oxygen atoms in total. The van der Waals surface area contributed by atoms with E-state index in [9.17, 15) is 0 Å². The van der Waals surface area contributed by atoms with Crippen LogP contribution >= 0.6 is 15.9 Å². The zero-order valence-corrected chi connectivity index (χ0v) is 8.39. The molecule has 0 spiro atoms. The molecule has 0 aromatic carbocycles. The van der Waals surface area contributed by atoms with Gasteiger partial charge in [-0.15, -0.1) is 0 Å². The van der Waals surface area contributed by atoms with E-state index in [1.54, 1.807) is 6.08 Å². The minimum absolute atomic E-state index is 0.122. The summed E-state index contributed by atoms with van der Waals surface area (Å²) in [7, 11) is 0. The Kier molecular flexibility index (Phi) is 4.86. The van der Waals surface area contributed by atoms with Crippen LogP contribution in [-0.4, -0.2) is 12.8 Å². The van der Waals surface area contributed by atoms with Crippen molar-refractivity contribution >= 4 is 22.6 Å². The molecule has 0 bridgehead atoms. The van der Waals surface area contributed by atoms with E-state index in [2.05, 4.69) is 34.2 Å². The zero-order chi connectivity index (χ0) is 8.85. The molecule has 62 valence electrons. The maximum atomic E-state index is 5.33. The van der Waals surface area contributed by atoms with Gasteiger partial charge in [0.1, 0.15) is 4.61 Å². The first kappa shape index (κ1) is 10.4. The Balaban J connectivity index is 4.38. The fraction of sp³-hybridized carbons (Fsp3) is 0.375. The van der Waals surface area contributed by atoms with Crippen LogP contribution < -0.4 is 0 Å². The molecular formula is C8H12BrNO. The second-order valence-corrected chi connectivity index (χ2v) is 2.94. The van der Waals surface area contributed by atoms with Crippen LogP contribution in [0.4, 0.5) is 0 Å². The molecule has 0 aromatic heterocycles. The van der Waals surface area contributed by atoms with Crippen molar-refractivity contribution in [1.29, 1.82) is 0 Å². The molecule has 0 aliphatic carbocycles. The van der Waals surface area contributed by atoms with E-state index in [0.717, 1.165) is 0 Å². The van der Waals surface area contributed by atoms with Gasteiger partial charge in [-0.3, -0.25) is 4.99 Å². The topological polar surface area (TPSA) is 21.6 Å². The number of hydrogen-bond donors (Lipinski definition) is 0. The number of allylic oxidation sites excluding steroid dienone is 1. The molecule has 0 radical (unpaired) electrons. The molecule has 0 fully saturated rings. The molecule has 0 aliphatic rings. The Labute approximate surface area is 75.8 Å². The highest BCUT2D eigenvalue weighted by molar-refractivity contribution is 9.11. The van der Waals surface area contributed by atoms with Gasteiger partial charge in [0.2, 0.25) is 0 Å². The van der Waals surface area contributed by atoms with Crippen molar-refractivity contribution < 1.29 is 4.74 Å². The Morgan fingerprint density at radius 3 is 2.45 bits per heavy atom.